The molecule has 0 spiro atoms. The Kier molecular flexibility index (Phi) is 5.36. The monoisotopic (exact) mass is 341 g/mol. The van der Waals surface area contributed by atoms with Crippen LogP contribution in [-0.4, -0.2) is 32.2 Å². The van der Waals surface area contributed by atoms with Gasteiger partial charge in [0.2, 0.25) is 0 Å². The Hall–Kier alpha value is -2.37. The molecule has 6 heteroatoms. The summed E-state index contributed by atoms with van der Waals surface area (Å²) in [6, 6.07) is 4.09. The molecule has 1 saturated heterocycles. The predicted molar refractivity (Wildman–Crippen MR) is 97.0 cm³/mol. The van der Waals surface area contributed by atoms with E-state index in [9.17, 15) is 4.79 Å². The van der Waals surface area contributed by atoms with Crippen LogP contribution in [0.5, 0.6) is 0 Å². The quantitative estimate of drug-likeness (QED) is 0.929. The van der Waals surface area contributed by atoms with Crippen molar-refractivity contribution in [1.29, 1.82) is 0 Å². The van der Waals surface area contributed by atoms with E-state index in [0.29, 0.717) is 0 Å². The molecule has 0 bridgehead atoms. The number of aromatic nitrogens is 3. The van der Waals surface area contributed by atoms with Gasteiger partial charge in [-0.1, -0.05) is 12.8 Å². The summed E-state index contributed by atoms with van der Waals surface area (Å²) in [7, 11) is 1.92. The van der Waals surface area contributed by atoms with Crippen LogP contribution in [0.15, 0.2) is 30.7 Å². The molecule has 2 atom stereocenters. The summed E-state index contributed by atoms with van der Waals surface area (Å²) >= 11 is 0. The highest BCUT2D eigenvalue weighted by molar-refractivity contribution is 5.75. The number of amides is 2. The summed E-state index contributed by atoms with van der Waals surface area (Å²) in [5.74, 6) is 0. The molecular formula is C19H27N5O. The zero-order valence-corrected chi connectivity index (χ0v) is 15.3. The lowest BCUT2D eigenvalue weighted by atomic mass is 10.0. The van der Waals surface area contributed by atoms with Gasteiger partial charge in [0.05, 0.1) is 18.3 Å². The summed E-state index contributed by atoms with van der Waals surface area (Å²) < 4.78 is 1.84. The Bertz CT molecular complexity index is 712. The van der Waals surface area contributed by atoms with Crippen LogP contribution < -0.4 is 5.32 Å². The molecule has 2 aromatic heterocycles. The summed E-state index contributed by atoms with van der Waals surface area (Å²) in [4.78, 5) is 19.1. The molecule has 1 aliphatic heterocycles. The first-order valence-corrected chi connectivity index (χ1v) is 9.03. The van der Waals surface area contributed by atoms with Crippen LogP contribution in [0, 0.1) is 6.92 Å². The molecule has 1 N–H and O–H groups in total. The number of likely N-dealkylation sites (tertiary alicyclic amines) is 1. The summed E-state index contributed by atoms with van der Waals surface area (Å²) in [6.07, 6.45) is 9.81. The Morgan fingerprint density at radius 1 is 1.28 bits per heavy atom. The van der Waals surface area contributed by atoms with E-state index in [4.69, 9.17) is 0 Å². The van der Waals surface area contributed by atoms with Crippen LogP contribution in [0.2, 0.25) is 0 Å². The Morgan fingerprint density at radius 2 is 2.04 bits per heavy atom. The van der Waals surface area contributed by atoms with Gasteiger partial charge in [-0.2, -0.15) is 5.10 Å². The maximum absolute atomic E-state index is 13.0. The van der Waals surface area contributed by atoms with Gasteiger partial charge in [-0.25, -0.2) is 4.79 Å². The molecule has 0 aliphatic carbocycles. The van der Waals surface area contributed by atoms with Crippen LogP contribution in [-0.2, 0) is 7.05 Å². The summed E-state index contributed by atoms with van der Waals surface area (Å²) in [5.41, 5.74) is 3.30. The van der Waals surface area contributed by atoms with E-state index in [2.05, 4.69) is 15.4 Å². The van der Waals surface area contributed by atoms with Gasteiger partial charge in [0.25, 0.3) is 0 Å². The number of aryl methyl sites for hydroxylation is 1. The fourth-order valence-corrected chi connectivity index (χ4v) is 3.57. The fraction of sp³-hybridized carbons (Fsp3) is 0.526. The first-order chi connectivity index (χ1) is 12.1. The first-order valence-electron chi connectivity index (χ1n) is 9.03. The predicted octanol–water partition coefficient (Wildman–Crippen LogP) is 3.51. The van der Waals surface area contributed by atoms with Crippen molar-refractivity contribution < 1.29 is 4.79 Å². The first kappa shape index (κ1) is 17.5. The van der Waals surface area contributed by atoms with Crippen molar-refractivity contribution in [2.75, 3.05) is 6.54 Å². The van der Waals surface area contributed by atoms with Crippen molar-refractivity contribution >= 4 is 6.03 Å². The van der Waals surface area contributed by atoms with E-state index in [0.717, 1.165) is 42.6 Å². The minimum absolute atomic E-state index is 0.000495. The zero-order valence-electron chi connectivity index (χ0n) is 15.3. The van der Waals surface area contributed by atoms with Gasteiger partial charge in [0.1, 0.15) is 0 Å². The number of hydrogen-bond donors (Lipinski definition) is 1. The van der Waals surface area contributed by atoms with Crippen LogP contribution in [0.3, 0.4) is 0 Å². The minimum atomic E-state index is -0.0671. The Labute approximate surface area is 149 Å². The van der Waals surface area contributed by atoms with Crippen LogP contribution in [0.25, 0.3) is 0 Å². The van der Waals surface area contributed by atoms with E-state index in [1.54, 1.807) is 12.4 Å². The van der Waals surface area contributed by atoms with E-state index in [-0.39, 0.29) is 18.1 Å². The normalized spacial score (nSPS) is 19.3. The molecule has 2 aromatic rings. The van der Waals surface area contributed by atoms with Crippen LogP contribution in [0.1, 0.15) is 61.5 Å². The fourth-order valence-electron chi connectivity index (χ4n) is 3.57. The second-order valence-electron chi connectivity index (χ2n) is 6.82. The number of pyridine rings is 1. The molecule has 3 rings (SSSR count). The van der Waals surface area contributed by atoms with Crippen molar-refractivity contribution in [1.82, 2.24) is 25.0 Å². The molecule has 0 unspecified atom stereocenters. The van der Waals surface area contributed by atoms with E-state index >= 15 is 0 Å². The van der Waals surface area contributed by atoms with Gasteiger partial charge >= 0.3 is 6.03 Å². The average molecular weight is 341 g/mol. The molecule has 134 valence electrons. The van der Waals surface area contributed by atoms with Gasteiger partial charge in [0.15, 0.2) is 0 Å². The maximum Gasteiger partial charge on any atom is 0.318 e. The van der Waals surface area contributed by atoms with E-state index in [1.807, 2.05) is 48.8 Å². The number of carbonyl (C=O) groups excluding carboxylic acids is 1. The molecule has 0 radical (unpaired) electrons. The van der Waals surface area contributed by atoms with Crippen LogP contribution >= 0.6 is 0 Å². The van der Waals surface area contributed by atoms with Gasteiger partial charge in [-0.05, 0) is 44.4 Å². The lowest BCUT2D eigenvalue weighted by molar-refractivity contribution is 0.172. The molecule has 2 amide bonds. The third-order valence-electron chi connectivity index (χ3n) is 5.18. The smallest absolute Gasteiger partial charge is 0.318 e. The largest absolute Gasteiger partial charge is 0.331 e. The molecule has 1 aliphatic rings. The molecule has 0 aromatic carbocycles. The second-order valence-corrected chi connectivity index (χ2v) is 6.82. The summed E-state index contributed by atoms with van der Waals surface area (Å²) in [6.45, 7) is 4.83. The molecule has 1 fully saturated rings. The number of nitrogens with one attached hydrogen (secondary N) is 1. The second kappa shape index (κ2) is 7.68. The topological polar surface area (TPSA) is 63.1 Å². The SMILES string of the molecule is Cc1c([C@H](C)NC(=O)N2CCCCC[C@H]2c2ccncc2)cnn1C. The highest BCUT2D eigenvalue weighted by Crippen LogP contribution is 2.30. The van der Waals surface area contributed by atoms with E-state index < -0.39 is 0 Å². The third kappa shape index (κ3) is 3.83. The Balaban J connectivity index is 1.77. The molecule has 25 heavy (non-hydrogen) atoms. The van der Waals surface area contributed by atoms with Gasteiger partial charge in [0, 0.05) is 37.2 Å². The minimum Gasteiger partial charge on any atom is -0.331 e. The molecule has 3 heterocycles. The van der Waals surface area contributed by atoms with Gasteiger partial charge < -0.3 is 10.2 Å². The summed E-state index contributed by atoms with van der Waals surface area (Å²) in [5, 5.41) is 7.44. The Morgan fingerprint density at radius 3 is 2.72 bits per heavy atom. The molecular weight excluding hydrogens is 314 g/mol. The van der Waals surface area contributed by atoms with E-state index in [1.165, 1.54) is 6.42 Å². The highest BCUT2D eigenvalue weighted by Gasteiger charge is 2.28. The zero-order chi connectivity index (χ0) is 17.8. The van der Waals surface area contributed by atoms with Crippen molar-refractivity contribution in [3.63, 3.8) is 0 Å². The number of urea groups is 1. The molecule has 0 saturated carbocycles. The third-order valence-corrected chi connectivity index (χ3v) is 5.18. The van der Waals surface area contributed by atoms with Gasteiger partial charge in [-0.3, -0.25) is 9.67 Å². The number of carbonyl (C=O) groups is 1. The lowest BCUT2D eigenvalue weighted by Gasteiger charge is -2.31. The van der Waals surface area contributed by atoms with Gasteiger partial charge in [-0.15, -0.1) is 0 Å². The number of rotatable bonds is 3. The van der Waals surface area contributed by atoms with Crippen molar-refractivity contribution in [2.24, 2.45) is 7.05 Å². The lowest BCUT2D eigenvalue weighted by Crippen LogP contribution is -2.43. The van der Waals surface area contributed by atoms with Crippen molar-refractivity contribution in [3.8, 4) is 0 Å². The average Bonchev–Trinajstić information content (AvgIpc) is 2.83. The van der Waals surface area contributed by atoms with Crippen LogP contribution in [0.4, 0.5) is 4.79 Å². The number of hydrogen-bond acceptors (Lipinski definition) is 3. The standard InChI is InChI=1S/C19H27N5O/c1-14(17-13-21-23(3)15(17)2)22-19(25)24-12-6-4-5-7-18(24)16-8-10-20-11-9-16/h8-11,13-14,18H,4-7,12H2,1-3H3,(H,22,25)/t14-,18-/m0/s1. The molecule has 6 nitrogen and oxygen atoms in total. The number of nitrogens with zero attached hydrogens (tertiary/aromatic N) is 4. The maximum atomic E-state index is 13.0. The van der Waals surface area contributed by atoms with Crippen molar-refractivity contribution in [3.05, 3.63) is 47.5 Å². The van der Waals surface area contributed by atoms with Crippen molar-refractivity contribution in [2.45, 2.75) is 51.6 Å². The highest BCUT2D eigenvalue weighted by atomic mass is 16.2.